The average molecular weight is 431 g/mol. The van der Waals surface area contributed by atoms with Crippen LogP contribution in [0.1, 0.15) is 29.6 Å². The molecule has 0 radical (unpaired) electrons. The standard InChI is InChI=1S/C26H30N4O2/c1-32-21-11-9-20(10-12-21)28-15-17-29(18-16-28)25-19-23(22-7-3-4-8-24(22)27-25)26(31)30-13-5-2-6-14-30/h3-4,7-12,19H,2,5-6,13-18H2,1H3. The maximum atomic E-state index is 13.4. The summed E-state index contributed by atoms with van der Waals surface area (Å²) >= 11 is 0. The van der Waals surface area contributed by atoms with Crippen LogP contribution in [0.3, 0.4) is 0 Å². The van der Waals surface area contributed by atoms with Gasteiger partial charge >= 0.3 is 0 Å². The van der Waals surface area contributed by atoms with E-state index in [1.807, 2.05) is 47.4 Å². The van der Waals surface area contributed by atoms with Gasteiger partial charge in [-0.2, -0.15) is 0 Å². The predicted molar refractivity (Wildman–Crippen MR) is 129 cm³/mol. The van der Waals surface area contributed by atoms with Crippen molar-refractivity contribution < 1.29 is 9.53 Å². The third-order valence-electron chi connectivity index (χ3n) is 6.62. The van der Waals surface area contributed by atoms with Crippen LogP contribution < -0.4 is 14.5 Å². The number of ether oxygens (including phenoxy) is 1. The van der Waals surface area contributed by atoms with Crippen molar-refractivity contribution in [3.8, 4) is 5.75 Å². The summed E-state index contributed by atoms with van der Waals surface area (Å²) in [6, 6.07) is 18.3. The summed E-state index contributed by atoms with van der Waals surface area (Å²) in [5.41, 5.74) is 2.88. The molecular weight excluding hydrogens is 400 g/mol. The molecule has 1 aromatic heterocycles. The van der Waals surface area contributed by atoms with E-state index in [0.29, 0.717) is 0 Å². The number of para-hydroxylation sites is 1. The number of anilines is 2. The van der Waals surface area contributed by atoms with E-state index in [9.17, 15) is 4.79 Å². The zero-order valence-electron chi connectivity index (χ0n) is 18.7. The molecule has 0 N–H and O–H groups in total. The number of piperazine rings is 1. The minimum Gasteiger partial charge on any atom is -0.497 e. The summed E-state index contributed by atoms with van der Waals surface area (Å²) in [6.07, 6.45) is 3.40. The van der Waals surface area contributed by atoms with Gasteiger partial charge in [-0.05, 0) is 55.7 Å². The van der Waals surface area contributed by atoms with Crippen molar-refractivity contribution in [2.24, 2.45) is 0 Å². The summed E-state index contributed by atoms with van der Waals surface area (Å²) in [6.45, 7) is 5.27. The Hall–Kier alpha value is -3.28. The first kappa shape index (κ1) is 20.6. The molecule has 0 spiro atoms. The molecule has 6 heteroatoms. The Morgan fingerprint density at radius 1 is 0.844 bits per heavy atom. The molecule has 6 nitrogen and oxygen atoms in total. The summed E-state index contributed by atoms with van der Waals surface area (Å²) in [5.74, 6) is 1.92. The third kappa shape index (κ3) is 4.09. The molecule has 2 fully saturated rings. The fraction of sp³-hybridized carbons (Fsp3) is 0.385. The van der Waals surface area contributed by atoms with Crippen molar-refractivity contribution in [3.05, 3.63) is 60.2 Å². The van der Waals surface area contributed by atoms with E-state index in [0.717, 1.165) is 80.1 Å². The number of carbonyl (C=O) groups excluding carboxylic acids is 1. The SMILES string of the molecule is COc1ccc(N2CCN(c3cc(C(=O)N4CCCCC4)c4ccccc4n3)CC2)cc1. The van der Waals surface area contributed by atoms with Gasteiger partial charge < -0.3 is 19.4 Å². The normalized spacial score (nSPS) is 17.0. The molecule has 0 aliphatic carbocycles. The van der Waals surface area contributed by atoms with E-state index >= 15 is 0 Å². The van der Waals surface area contributed by atoms with E-state index in [1.54, 1.807) is 7.11 Å². The van der Waals surface area contributed by atoms with Crippen LogP contribution in [0.4, 0.5) is 11.5 Å². The van der Waals surface area contributed by atoms with E-state index in [1.165, 1.54) is 12.1 Å². The van der Waals surface area contributed by atoms with Gasteiger partial charge in [-0.15, -0.1) is 0 Å². The number of likely N-dealkylation sites (tertiary alicyclic amines) is 1. The quantitative estimate of drug-likeness (QED) is 0.621. The van der Waals surface area contributed by atoms with Gasteiger partial charge in [-0.25, -0.2) is 4.98 Å². The number of aromatic nitrogens is 1. The van der Waals surface area contributed by atoms with Gasteiger partial charge in [0, 0.05) is 50.3 Å². The number of benzene rings is 2. The Morgan fingerprint density at radius 2 is 1.53 bits per heavy atom. The van der Waals surface area contributed by atoms with Crippen molar-refractivity contribution in [2.45, 2.75) is 19.3 Å². The molecule has 0 bridgehead atoms. The zero-order valence-corrected chi connectivity index (χ0v) is 18.7. The Kier molecular flexibility index (Phi) is 5.84. The van der Waals surface area contributed by atoms with E-state index in [-0.39, 0.29) is 5.91 Å². The highest BCUT2D eigenvalue weighted by Gasteiger charge is 2.24. The van der Waals surface area contributed by atoms with Crippen molar-refractivity contribution in [1.82, 2.24) is 9.88 Å². The lowest BCUT2D eigenvalue weighted by atomic mass is 10.0. The number of hydrogen-bond acceptors (Lipinski definition) is 5. The van der Waals surface area contributed by atoms with Gasteiger partial charge in [0.25, 0.3) is 5.91 Å². The maximum absolute atomic E-state index is 13.4. The summed E-state index contributed by atoms with van der Waals surface area (Å²) in [5, 5.41) is 0.948. The second kappa shape index (κ2) is 9.07. The number of methoxy groups -OCH3 is 1. The number of fused-ring (bicyclic) bond motifs is 1. The number of piperidine rings is 1. The monoisotopic (exact) mass is 430 g/mol. The first-order valence-corrected chi connectivity index (χ1v) is 11.6. The number of rotatable bonds is 4. The van der Waals surface area contributed by atoms with Crippen LogP contribution in [0.2, 0.25) is 0 Å². The predicted octanol–water partition coefficient (Wildman–Crippen LogP) is 4.20. The number of amides is 1. The molecule has 3 aromatic rings. The molecule has 5 rings (SSSR count). The molecule has 166 valence electrons. The lowest BCUT2D eigenvalue weighted by molar-refractivity contribution is 0.0726. The van der Waals surface area contributed by atoms with Gasteiger partial charge in [0.05, 0.1) is 18.2 Å². The molecular formula is C26H30N4O2. The Labute approximate surface area is 189 Å². The molecule has 0 unspecified atom stereocenters. The summed E-state index contributed by atoms with van der Waals surface area (Å²) in [4.78, 5) is 25.0. The highest BCUT2D eigenvalue weighted by atomic mass is 16.5. The second-order valence-electron chi connectivity index (χ2n) is 8.57. The Bertz CT molecular complexity index is 1080. The molecule has 3 heterocycles. The van der Waals surface area contributed by atoms with E-state index < -0.39 is 0 Å². The minimum atomic E-state index is 0.140. The minimum absolute atomic E-state index is 0.140. The zero-order chi connectivity index (χ0) is 21.9. The topological polar surface area (TPSA) is 48.9 Å². The van der Waals surface area contributed by atoms with Crippen molar-refractivity contribution in [2.75, 3.05) is 56.2 Å². The number of nitrogens with zero attached hydrogens (tertiary/aromatic N) is 4. The van der Waals surface area contributed by atoms with Gasteiger partial charge in [0.1, 0.15) is 11.6 Å². The Morgan fingerprint density at radius 3 is 2.25 bits per heavy atom. The Balaban J connectivity index is 1.38. The third-order valence-corrected chi connectivity index (χ3v) is 6.62. The maximum Gasteiger partial charge on any atom is 0.254 e. The largest absolute Gasteiger partial charge is 0.497 e. The van der Waals surface area contributed by atoms with E-state index in [4.69, 9.17) is 9.72 Å². The first-order chi connectivity index (χ1) is 15.7. The molecule has 0 atom stereocenters. The lowest BCUT2D eigenvalue weighted by Gasteiger charge is -2.37. The fourth-order valence-electron chi connectivity index (χ4n) is 4.75. The van der Waals surface area contributed by atoms with Gasteiger partial charge in [0.2, 0.25) is 0 Å². The van der Waals surface area contributed by atoms with Crippen molar-refractivity contribution in [1.29, 1.82) is 0 Å². The van der Waals surface area contributed by atoms with Crippen LogP contribution in [-0.4, -0.2) is 62.2 Å². The van der Waals surface area contributed by atoms with Crippen LogP contribution in [0.5, 0.6) is 5.75 Å². The number of hydrogen-bond donors (Lipinski definition) is 0. The van der Waals surface area contributed by atoms with E-state index in [2.05, 4.69) is 21.9 Å². The summed E-state index contributed by atoms with van der Waals surface area (Å²) < 4.78 is 5.27. The highest BCUT2D eigenvalue weighted by molar-refractivity contribution is 6.07. The van der Waals surface area contributed by atoms with Crippen LogP contribution >= 0.6 is 0 Å². The van der Waals surface area contributed by atoms with Crippen molar-refractivity contribution in [3.63, 3.8) is 0 Å². The number of pyridine rings is 1. The molecule has 32 heavy (non-hydrogen) atoms. The molecule has 1 amide bonds. The molecule has 2 aliphatic heterocycles. The molecule has 2 aliphatic rings. The highest BCUT2D eigenvalue weighted by Crippen LogP contribution is 2.27. The van der Waals surface area contributed by atoms with Crippen LogP contribution in [0.25, 0.3) is 10.9 Å². The second-order valence-corrected chi connectivity index (χ2v) is 8.57. The summed E-state index contributed by atoms with van der Waals surface area (Å²) in [7, 11) is 1.69. The smallest absolute Gasteiger partial charge is 0.254 e. The van der Waals surface area contributed by atoms with Crippen molar-refractivity contribution >= 4 is 28.3 Å². The molecule has 2 saturated heterocycles. The first-order valence-electron chi connectivity index (χ1n) is 11.6. The van der Waals surface area contributed by atoms with Gasteiger partial charge in [-0.1, -0.05) is 18.2 Å². The molecule has 2 aromatic carbocycles. The van der Waals surface area contributed by atoms with Gasteiger partial charge in [0.15, 0.2) is 0 Å². The van der Waals surface area contributed by atoms with Crippen LogP contribution in [0, 0.1) is 0 Å². The lowest BCUT2D eigenvalue weighted by Crippen LogP contribution is -2.47. The van der Waals surface area contributed by atoms with Crippen LogP contribution in [-0.2, 0) is 0 Å². The van der Waals surface area contributed by atoms with Crippen LogP contribution in [0.15, 0.2) is 54.6 Å². The number of carbonyl (C=O) groups is 1. The average Bonchev–Trinajstić information content (AvgIpc) is 2.88. The molecule has 0 saturated carbocycles. The van der Waals surface area contributed by atoms with Gasteiger partial charge in [-0.3, -0.25) is 4.79 Å². The fourth-order valence-corrected chi connectivity index (χ4v) is 4.75.